The fourth-order valence-electron chi connectivity index (χ4n) is 1.66. The van der Waals surface area contributed by atoms with Gasteiger partial charge in [-0.15, -0.1) is 0 Å². The van der Waals surface area contributed by atoms with Crippen LogP contribution in [0, 0.1) is 10.1 Å². The summed E-state index contributed by atoms with van der Waals surface area (Å²) in [6.07, 6.45) is 0. The van der Waals surface area contributed by atoms with Crippen molar-refractivity contribution in [2.24, 2.45) is 0 Å². The molecule has 0 bridgehead atoms. The van der Waals surface area contributed by atoms with Gasteiger partial charge in [-0.25, -0.2) is 5.48 Å². The van der Waals surface area contributed by atoms with Gasteiger partial charge in [-0.2, -0.15) is 0 Å². The van der Waals surface area contributed by atoms with E-state index in [4.69, 9.17) is 4.74 Å². The molecule has 21 heavy (non-hydrogen) atoms. The summed E-state index contributed by atoms with van der Waals surface area (Å²) < 4.78 is 5.57. The third-order valence-electron chi connectivity index (χ3n) is 2.58. The molecule has 0 radical (unpaired) electrons. The number of nitro benzene ring substituents is 1. The maximum absolute atomic E-state index is 11.9. The number of nitrogens with one attached hydrogen (secondary N) is 1. The fraction of sp³-hybridized carbons (Fsp3) is 0.0714. The van der Waals surface area contributed by atoms with Gasteiger partial charge in [0.15, 0.2) is 0 Å². The molecular weight excluding hydrogens is 276 g/mol. The Morgan fingerprint density at radius 3 is 2.52 bits per heavy atom. The van der Waals surface area contributed by atoms with Crippen LogP contribution in [0.1, 0.15) is 10.4 Å². The number of ether oxygens (including phenoxy) is 1. The first-order valence-electron chi connectivity index (χ1n) is 5.96. The molecule has 2 rings (SSSR count). The van der Waals surface area contributed by atoms with Crippen LogP contribution in [0.4, 0.5) is 5.69 Å². The second kappa shape index (κ2) is 6.49. The Morgan fingerprint density at radius 1 is 1.19 bits per heavy atom. The summed E-state index contributed by atoms with van der Waals surface area (Å²) in [5.74, 6) is 0.0753. The first-order valence-corrected chi connectivity index (χ1v) is 5.96. The van der Waals surface area contributed by atoms with E-state index in [0.29, 0.717) is 5.75 Å². The van der Waals surface area contributed by atoms with Crippen LogP contribution < -0.4 is 10.2 Å². The quantitative estimate of drug-likeness (QED) is 0.674. The number of amides is 1. The number of nitrogens with zero attached hydrogens (tertiary/aromatic N) is 1. The highest BCUT2D eigenvalue weighted by Gasteiger charge is 2.18. The third-order valence-corrected chi connectivity index (χ3v) is 2.58. The SMILES string of the molecule is CONC(=O)c1cc([N+](=O)[O-])ccc1Oc1ccccc1. The van der Waals surface area contributed by atoms with Gasteiger partial charge < -0.3 is 4.74 Å². The molecule has 2 aromatic carbocycles. The molecular formula is C14H12N2O5. The van der Waals surface area contributed by atoms with Gasteiger partial charge in [0.1, 0.15) is 11.5 Å². The van der Waals surface area contributed by atoms with Crippen molar-refractivity contribution in [2.75, 3.05) is 7.11 Å². The van der Waals surface area contributed by atoms with E-state index < -0.39 is 10.8 Å². The Morgan fingerprint density at radius 2 is 1.90 bits per heavy atom. The van der Waals surface area contributed by atoms with Crippen molar-refractivity contribution in [3.05, 3.63) is 64.2 Å². The lowest BCUT2D eigenvalue weighted by Crippen LogP contribution is -2.22. The summed E-state index contributed by atoms with van der Waals surface area (Å²) in [6, 6.07) is 12.6. The van der Waals surface area contributed by atoms with E-state index in [1.54, 1.807) is 24.3 Å². The lowest BCUT2D eigenvalue weighted by Gasteiger charge is -2.10. The lowest BCUT2D eigenvalue weighted by molar-refractivity contribution is -0.384. The third kappa shape index (κ3) is 3.54. The van der Waals surface area contributed by atoms with Gasteiger partial charge >= 0.3 is 0 Å². The molecule has 0 unspecified atom stereocenters. The molecule has 0 aliphatic carbocycles. The van der Waals surface area contributed by atoms with Crippen LogP contribution in [0.2, 0.25) is 0 Å². The zero-order valence-corrected chi connectivity index (χ0v) is 11.1. The van der Waals surface area contributed by atoms with Crippen molar-refractivity contribution in [1.29, 1.82) is 0 Å². The Balaban J connectivity index is 2.39. The summed E-state index contributed by atoms with van der Waals surface area (Å²) in [5.41, 5.74) is 1.91. The molecule has 0 spiro atoms. The summed E-state index contributed by atoms with van der Waals surface area (Å²) in [5, 5.41) is 10.8. The van der Waals surface area contributed by atoms with Gasteiger partial charge in [0.2, 0.25) is 0 Å². The first-order chi connectivity index (χ1) is 10.1. The van der Waals surface area contributed by atoms with Crippen LogP contribution in [0.3, 0.4) is 0 Å². The molecule has 0 aliphatic heterocycles. The van der Waals surface area contributed by atoms with Crippen LogP contribution >= 0.6 is 0 Å². The van der Waals surface area contributed by atoms with Crippen molar-refractivity contribution in [3.63, 3.8) is 0 Å². The zero-order valence-electron chi connectivity index (χ0n) is 11.1. The average Bonchev–Trinajstić information content (AvgIpc) is 2.48. The number of nitro groups is 1. The van der Waals surface area contributed by atoms with Gasteiger partial charge in [0, 0.05) is 12.1 Å². The second-order valence-corrected chi connectivity index (χ2v) is 3.99. The normalized spacial score (nSPS) is 9.95. The number of carbonyl (C=O) groups excluding carboxylic acids is 1. The van der Waals surface area contributed by atoms with E-state index in [9.17, 15) is 14.9 Å². The number of hydroxylamine groups is 1. The van der Waals surface area contributed by atoms with Crippen molar-refractivity contribution >= 4 is 11.6 Å². The zero-order chi connectivity index (χ0) is 15.2. The molecule has 0 fully saturated rings. The topological polar surface area (TPSA) is 90.7 Å². The van der Waals surface area contributed by atoms with E-state index in [1.807, 2.05) is 6.07 Å². The van der Waals surface area contributed by atoms with Gasteiger partial charge in [0.25, 0.3) is 11.6 Å². The smallest absolute Gasteiger partial charge is 0.278 e. The minimum Gasteiger partial charge on any atom is -0.457 e. The highest BCUT2D eigenvalue weighted by molar-refractivity contribution is 5.97. The van der Waals surface area contributed by atoms with Crippen LogP contribution in [0.25, 0.3) is 0 Å². The van der Waals surface area contributed by atoms with Gasteiger partial charge in [-0.05, 0) is 18.2 Å². The Hall–Kier alpha value is -2.93. The minimum absolute atomic E-state index is 0.00917. The van der Waals surface area contributed by atoms with Crippen LogP contribution in [-0.4, -0.2) is 17.9 Å². The molecule has 1 N–H and O–H groups in total. The lowest BCUT2D eigenvalue weighted by atomic mass is 10.1. The van der Waals surface area contributed by atoms with Crippen molar-refractivity contribution in [3.8, 4) is 11.5 Å². The molecule has 1 amide bonds. The van der Waals surface area contributed by atoms with E-state index in [0.717, 1.165) is 6.07 Å². The predicted molar refractivity (Wildman–Crippen MR) is 74.1 cm³/mol. The number of hydrogen-bond donors (Lipinski definition) is 1. The molecule has 2 aromatic rings. The van der Waals surface area contributed by atoms with Crippen molar-refractivity contribution < 1.29 is 19.3 Å². The monoisotopic (exact) mass is 288 g/mol. The molecule has 0 aromatic heterocycles. The number of para-hydroxylation sites is 1. The number of non-ortho nitro benzene ring substituents is 1. The van der Waals surface area contributed by atoms with Gasteiger partial charge in [0.05, 0.1) is 17.6 Å². The summed E-state index contributed by atoms with van der Waals surface area (Å²) >= 11 is 0. The maximum atomic E-state index is 11.9. The highest BCUT2D eigenvalue weighted by Crippen LogP contribution is 2.28. The molecule has 7 nitrogen and oxygen atoms in total. The number of benzene rings is 2. The number of hydrogen-bond acceptors (Lipinski definition) is 5. The summed E-state index contributed by atoms with van der Waals surface area (Å²) in [7, 11) is 1.27. The minimum atomic E-state index is -0.632. The number of rotatable bonds is 5. The molecule has 0 heterocycles. The fourth-order valence-corrected chi connectivity index (χ4v) is 1.66. The van der Waals surface area contributed by atoms with Crippen LogP contribution in [0.5, 0.6) is 11.5 Å². The standard InChI is InChI=1S/C14H12N2O5/c1-20-15-14(17)12-9-10(16(18)19)7-8-13(12)21-11-5-3-2-4-6-11/h2-9H,1H3,(H,15,17). The van der Waals surface area contributed by atoms with E-state index in [2.05, 4.69) is 10.3 Å². The number of carbonyl (C=O) groups is 1. The molecule has 0 atom stereocenters. The average molecular weight is 288 g/mol. The van der Waals surface area contributed by atoms with E-state index >= 15 is 0 Å². The van der Waals surface area contributed by atoms with Gasteiger partial charge in [-0.3, -0.25) is 19.7 Å². The summed E-state index contributed by atoms with van der Waals surface area (Å²) in [4.78, 5) is 26.6. The first kappa shape index (κ1) is 14.5. The molecule has 0 aliphatic rings. The molecule has 0 saturated carbocycles. The molecule has 108 valence electrons. The second-order valence-electron chi connectivity index (χ2n) is 3.99. The Bertz CT molecular complexity index is 658. The Kier molecular flexibility index (Phi) is 4.47. The maximum Gasteiger partial charge on any atom is 0.278 e. The molecule has 0 saturated heterocycles. The summed E-state index contributed by atoms with van der Waals surface area (Å²) in [6.45, 7) is 0. The largest absolute Gasteiger partial charge is 0.457 e. The van der Waals surface area contributed by atoms with Crippen LogP contribution in [-0.2, 0) is 4.84 Å². The predicted octanol–water partition coefficient (Wildman–Crippen LogP) is 2.68. The van der Waals surface area contributed by atoms with Crippen molar-refractivity contribution in [2.45, 2.75) is 0 Å². The van der Waals surface area contributed by atoms with Crippen LogP contribution in [0.15, 0.2) is 48.5 Å². The van der Waals surface area contributed by atoms with Crippen molar-refractivity contribution in [1.82, 2.24) is 5.48 Å². The highest BCUT2D eigenvalue weighted by atomic mass is 16.6. The molecule has 7 heteroatoms. The Labute approximate surface area is 120 Å². The van der Waals surface area contributed by atoms with E-state index in [1.165, 1.54) is 19.2 Å². The van der Waals surface area contributed by atoms with E-state index in [-0.39, 0.29) is 17.0 Å². The van der Waals surface area contributed by atoms with Gasteiger partial charge in [-0.1, -0.05) is 18.2 Å².